The van der Waals surface area contributed by atoms with E-state index in [1.54, 1.807) is 0 Å². The Hall–Kier alpha value is -1.06. The van der Waals surface area contributed by atoms with Gasteiger partial charge in [0.2, 0.25) is 0 Å². The van der Waals surface area contributed by atoms with E-state index in [-0.39, 0.29) is 0 Å². The van der Waals surface area contributed by atoms with Gasteiger partial charge in [-0.1, -0.05) is 37.6 Å². The molecule has 1 aromatic heterocycles. The summed E-state index contributed by atoms with van der Waals surface area (Å²) in [6.07, 6.45) is 0. The molecular weight excluding hydrogens is 258 g/mol. The highest BCUT2D eigenvalue weighted by molar-refractivity contribution is 6.31. The quantitative estimate of drug-likeness (QED) is 0.774. The monoisotopic (exact) mass is 281 g/mol. The summed E-state index contributed by atoms with van der Waals surface area (Å²) in [5.74, 6) is 0.954. The van der Waals surface area contributed by atoms with Crippen molar-refractivity contribution in [3.8, 4) is 0 Å². The minimum Gasteiger partial charge on any atom is -0.353 e. The molecule has 0 bridgehead atoms. The predicted molar refractivity (Wildman–Crippen MR) is 83.9 cm³/mol. The summed E-state index contributed by atoms with van der Waals surface area (Å²) in [5.41, 5.74) is 2.02. The number of pyridine rings is 1. The molecule has 0 radical (unpaired) electrons. The molecule has 4 heteroatoms. The Morgan fingerprint density at radius 3 is 2.68 bits per heavy atom. The van der Waals surface area contributed by atoms with Crippen LogP contribution in [0.1, 0.15) is 33.4 Å². The number of hydrogen-bond donors (Lipinski definition) is 1. The number of nitrogens with one attached hydrogen (secondary N) is 1. The van der Waals surface area contributed by atoms with Gasteiger partial charge in [0.15, 0.2) is 0 Å². The van der Waals surface area contributed by atoms with E-state index in [0.29, 0.717) is 17.6 Å². The number of anilines is 1. The summed E-state index contributed by atoms with van der Waals surface area (Å²) in [6, 6.07) is 4.30. The van der Waals surface area contributed by atoms with Crippen molar-refractivity contribution in [3.05, 3.63) is 35.0 Å². The van der Waals surface area contributed by atoms with Gasteiger partial charge in [0, 0.05) is 25.7 Å². The molecule has 0 unspecified atom stereocenters. The highest BCUT2D eigenvalue weighted by Gasteiger charge is 2.10. The fraction of sp³-hybridized carbons (Fsp3) is 0.533. The maximum absolute atomic E-state index is 6.19. The van der Waals surface area contributed by atoms with E-state index in [9.17, 15) is 0 Å². The molecule has 0 amide bonds. The van der Waals surface area contributed by atoms with E-state index in [1.807, 2.05) is 19.1 Å². The molecule has 0 saturated carbocycles. The summed E-state index contributed by atoms with van der Waals surface area (Å²) < 4.78 is 0. The molecule has 1 heterocycles. The molecule has 1 N–H and O–H groups in total. The van der Waals surface area contributed by atoms with Gasteiger partial charge < -0.3 is 10.2 Å². The van der Waals surface area contributed by atoms with Crippen molar-refractivity contribution < 1.29 is 0 Å². The molecule has 0 aliphatic heterocycles. The molecule has 0 fully saturated rings. The van der Waals surface area contributed by atoms with E-state index in [1.165, 1.54) is 0 Å². The Morgan fingerprint density at radius 2 is 2.16 bits per heavy atom. The molecule has 1 rings (SSSR count). The number of nitrogens with zero attached hydrogens (tertiary/aromatic N) is 2. The van der Waals surface area contributed by atoms with Crippen molar-refractivity contribution in [2.75, 3.05) is 18.0 Å². The second-order valence-electron chi connectivity index (χ2n) is 5.10. The average molecular weight is 282 g/mol. The van der Waals surface area contributed by atoms with Crippen LogP contribution in [0.25, 0.3) is 0 Å². The van der Waals surface area contributed by atoms with Gasteiger partial charge in [-0.2, -0.15) is 0 Å². The zero-order valence-electron chi connectivity index (χ0n) is 12.3. The molecular formula is C15H24ClN3. The Morgan fingerprint density at radius 1 is 1.47 bits per heavy atom. The van der Waals surface area contributed by atoms with Gasteiger partial charge in [-0.25, -0.2) is 4.98 Å². The van der Waals surface area contributed by atoms with E-state index in [0.717, 1.165) is 30.2 Å². The fourth-order valence-corrected chi connectivity index (χ4v) is 1.93. The molecule has 0 aliphatic carbocycles. The van der Waals surface area contributed by atoms with Crippen LogP contribution in [-0.2, 0) is 6.54 Å². The second kappa shape index (κ2) is 7.51. The average Bonchev–Trinajstić information content (AvgIpc) is 2.34. The first-order valence-electron chi connectivity index (χ1n) is 6.72. The maximum Gasteiger partial charge on any atom is 0.129 e. The zero-order valence-corrected chi connectivity index (χ0v) is 13.1. The molecule has 0 aliphatic rings. The van der Waals surface area contributed by atoms with Crippen molar-refractivity contribution in [1.82, 2.24) is 10.3 Å². The lowest BCUT2D eigenvalue weighted by molar-refractivity contribution is 0.581. The molecule has 3 nitrogen and oxygen atoms in total. The predicted octanol–water partition coefficient (Wildman–Crippen LogP) is 3.64. The molecule has 0 saturated heterocycles. The topological polar surface area (TPSA) is 28.2 Å². The largest absolute Gasteiger partial charge is 0.353 e. The number of aromatic nitrogens is 1. The highest BCUT2D eigenvalue weighted by atomic mass is 35.5. The Kier molecular flexibility index (Phi) is 6.32. The van der Waals surface area contributed by atoms with E-state index < -0.39 is 0 Å². The highest BCUT2D eigenvalue weighted by Crippen LogP contribution is 2.20. The fourth-order valence-electron chi connectivity index (χ4n) is 1.75. The standard InChI is InChI=1S/C15H24ClN3/c1-6-19(10-11(2)3)15-8-7-13(16)14(18-15)9-17-12(4)5/h7-8,12,17H,2,6,9-10H2,1,3-5H3. The minimum atomic E-state index is 0.416. The van der Waals surface area contributed by atoms with Crippen LogP contribution in [0.4, 0.5) is 5.82 Å². The summed E-state index contributed by atoms with van der Waals surface area (Å²) in [5, 5.41) is 4.06. The first-order valence-corrected chi connectivity index (χ1v) is 7.10. The van der Waals surface area contributed by atoms with E-state index in [2.05, 4.69) is 42.6 Å². The number of likely N-dealkylation sites (N-methyl/N-ethyl adjacent to an activating group) is 1. The van der Waals surface area contributed by atoms with Crippen LogP contribution in [-0.4, -0.2) is 24.1 Å². The molecule has 19 heavy (non-hydrogen) atoms. The van der Waals surface area contributed by atoms with Crippen molar-refractivity contribution in [2.24, 2.45) is 0 Å². The maximum atomic E-state index is 6.19. The van der Waals surface area contributed by atoms with Crippen LogP contribution in [0.2, 0.25) is 5.02 Å². The van der Waals surface area contributed by atoms with Crippen LogP contribution < -0.4 is 10.2 Å². The van der Waals surface area contributed by atoms with Gasteiger partial charge in [0.1, 0.15) is 5.82 Å². The van der Waals surface area contributed by atoms with E-state index >= 15 is 0 Å². The van der Waals surface area contributed by atoms with Crippen molar-refractivity contribution in [3.63, 3.8) is 0 Å². The minimum absolute atomic E-state index is 0.416. The third-order valence-electron chi connectivity index (χ3n) is 2.75. The van der Waals surface area contributed by atoms with Gasteiger partial charge >= 0.3 is 0 Å². The van der Waals surface area contributed by atoms with Crippen LogP contribution >= 0.6 is 11.6 Å². The van der Waals surface area contributed by atoms with E-state index in [4.69, 9.17) is 11.6 Å². The second-order valence-corrected chi connectivity index (χ2v) is 5.51. The van der Waals surface area contributed by atoms with Crippen LogP contribution in [0.15, 0.2) is 24.3 Å². The lowest BCUT2D eigenvalue weighted by Crippen LogP contribution is -2.27. The number of halogens is 1. The summed E-state index contributed by atoms with van der Waals surface area (Å²) in [7, 11) is 0. The van der Waals surface area contributed by atoms with Gasteiger partial charge in [-0.15, -0.1) is 0 Å². The van der Waals surface area contributed by atoms with Crippen LogP contribution in [0.3, 0.4) is 0 Å². The lowest BCUT2D eigenvalue weighted by Gasteiger charge is -2.23. The van der Waals surface area contributed by atoms with Gasteiger partial charge in [-0.05, 0) is 26.0 Å². The Bertz CT molecular complexity index is 429. The molecule has 1 aromatic rings. The van der Waals surface area contributed by atoms with Gasteiger partial charge in [0.25, 0.3) is 0 Å². The van der Waals surface area contributed by atoms with Crippen molar-refractivity contribution in [2.45, 2.75) is 40.3 Å². The van der Waals surface area contributed by atoms with Crippen LogP contribution in [0, 0.1) is 0 Å². The normalized spacial score (nSPS) is 10.8. The lowest BCUT2D eigenvalue weighted by atomic mass is 10.2. The van der Waals surface area contributed by atoms with Gasteiger partial charge in [0.05, 0.1) is 10.7 Å². The molecule has 0 spiro atoms. The first kappa shape index (κ1) is 16.0. The summed E-state index contributed by atoms with van der Waals surface area (Å²) >= 11 is 6.19. The Balaban J connectivity index is 2.89. The zero-order chi connectivity index (χ0) is 14.4. The van der Waals surface area contributed by atoms with Gasteiger partial charge in [-0.3, -0.25) is 0 Å². The Labute approximate surface area is 121 Å². The molecule has 106 valence electrons. The number of rotatable bonds is 7. The third kappa shape index (κ3) is 5.21. The summed E-state index contributed by atoms with van der Waals surface area (Å²) in [4.78, 5) is 6.85. The van der Waals surface area contributed by atoms with Crippen molar-refractivity contribution >= 4 is 17.4 Å². The number of hydrogen-bond acceptors (Lipinski definition) is 3. The summed E-state index contributed by atoms with van der Waals surface area (Å²) in [6.45, 7) is 14.7. The SMILES string of the molecule is C=C(C)CN(CC)c1ccc(Cl)c(CNC(C)C)n1. The molecule has 0 aromatic carbocycles. The van der Waals surface area contributed by atoms with Crippen molar-refractivity contribution in [1.29, 1.82) is 0 Å². The first-order chi connectivity index (χ1) is 8.93. The third-order valence-corrected chi connectivity index (χ3v) is 3.09. The molecule has 0 atom stereocenters. The smallest absolute Gasteiger partial charge is 0.129 e. The van der Waals surface area contributed by atoms with Crippen LogP contribution in [0.5, 0.6) is 0 Å².